The fourth-order valence-electron chi connectivity index (χ4n) is 4.01. The van der Waals surface area contributed by atoms with Crippen LogP contribution in [-0.2, 0) is 9.59 Å². The van der Waals surface area contributed by atoms with Gasteiger partial charge in [0.1, 0.15) is 6.54 Å². The van der Waals surface area contributed by atoms with Gasteiger partial charge in [-0.15, -0.1) is 0 Å². The fraction of sp³-hybridized carbons (Fsp3) is 0.591. The number of hydrogen-bond acceptors (Lipinski definition) is 4. The van der Waals surface area contributed by atoms with Gasteiger partial charge >= 0.3 is 6.03 Å². The molecular weight excluding hydrogens is 418 g/mol. The summed E-state index contributed by atoms with van der Waals surface area (Å²) in [6.07, 6.45) is 4.71. The Morgan fingerprint density at radius 2 is 1.90 bits per heavy atom. The fourth-order valence-corrected chi connectivity index (χ4v) is 4.14. The highest BCUT2D eigenvalue weighted by atomic mass is 35.5. The number of carbonyl (C=O) groups excluding carboxylic acids is 3. The molecule has 0 radical (unpaired) electrons. The van der Waals surface area contributed by atoms with Gasteiger partial charge < -0.3 is 25.3 Å². The number of piperidine rings is 1. The summed E-state index contributed by atoms with van der Waals surface area (Å²) in [5, 5.41) is 6.25. The largest absolute Gasteiger partial charge is 0.355 e. The lowest BCUT2D eigenvalue weighted by Crippen LogP contribution is -2.55. The molecule has 2 aliphatic rings. The van der Waals surface area contributed by atoms with E-state index in [2.05, 4.69) is 22.5 Å². The number of anilines is 1. The molecule has 4 amide bonds. The molecule has 0 spiro atoms. The molecule has 2 saturated heterocycles. The van der Waals surface area contributed by atoms with Crippen LogP contribution in [-0.4, -0.2) is 84.4 Å². The average molecular weight is 450 g/mol. The Morgan fingerprint density at radius 1 is 1.13 bits per heavy atom. The molecule has 2 N–H and O–H groups in total. The maximum Gasteiger partial charge on any atom is 0.322 e. The Balaban J connectivity index is 1.34. The van der Waals surface area contributed by atoms with Crippen LogP contribution in [0.25, 0.3) is 0 Å². The van der Waals surface area contributed by atoms with E-state index in [0.29, 0.717) is 36.4 Å². The quantitative estimate of drug-likeness (QED) is 0.626. The zero-order chi connectivity index (χ0) is 22.2. The first-order chi connectivity index (χ1) is 14.9. The zero-order valence-corrected chi connectivity index (χ0v) is 18.9. The van der Waals surface area contributed by atoms with Crippen LogP contribution in [0.5, 0.6) is 0 Å². The number of urea groups is 1. The van der Waals surface area contributed by atoms with Gasteiger partial charge in [0.15, 0.2) is 0 Å². The number of rotatable bonds is 7. The first-order valence-electron chi connectivity index (χ1n) is 11.0. The van der Waals surface area contributed by atoms with Gasteiger partial charge in [0.05, 0.1) is 6.54 Å². The van der Waals surface area contributed by atoms with Gasteiger partial charge in [-0.3, -0.25) is 9.59 Å². The number of likely N-dealkylation sites (tertiary alicyclic amines) is 1. The standard InChI is InChI=1S/C22H32ClN5O3/c1-17-5-2-3-11-26(17)12-4-10-24-20(29)15-27-13-14-28(16-21(27)30)22(31)25-19-8-6-18(23)7-9-19/h6-9,17H,2-5,10-16H2,1H3,(H,24,29)(H,25,31). The SMILES string of the molecule is CC1CCCCN1CCCNC(=O)CN1CCN(C(=O)Nc2ccc(Cl)cc2)CC1=O. The Morgan fingerprint density at radius 3 is 2.61 bits per heavy atom. The smallest absolute Gasteiger partial charge is 0.322 e. The Labute approximate surface area is 188 Å². The molecule has 0 bridgehead atoms. The van der Waals surface area contributed by atoms with Crippen molar-refractivity contribution in [3.63, 3.8) is 0 Å². The van der Waals surface area contributed by atoms with Crippen molar-refractivity contribution >= 4 is 35.1 Å². The van der Waals surface area contributed by atoms with Crippen molar-refractivity contribution in [3.8, 4) is 0 Å². The molecular formula is C22H32ClN5O3. The molecule has 2 aliphatic heterocycles. The van der Waals surface area contributed by atoms with Gasteiger partial charge in [0, 0.05) is 42.9 Å². The Kier molecular flexibility index (Phi) is 8.54. The van der Waals surface area contributed by atoms with Crippen LogP contribution in [0.4, 0.5) is 10.5 Å². The summed E-state index contributed by atoms with van der Waals surface area (Å²) in [5.41, 5.74) is 0.614. The van der Waals surface area contributed by atoms with E-state index in [1.165, 1.54) is 29.1 Å². The van der Waals surface area contributed by atoms with E-state index < -0.39 is 0 Å². The van der Waals surface area contributed by atoms with Crippen molar-refractivity contribution in [2.75, 3.05) is 51.1 Å². The van der Waals surface area contributed by atoms with Crippen molar-refractivity contribution < 1.29 is 14.4 Å². The van der Waals surface area contributed by atoms with Crippen LogP contribution in [0.2, 0.25) is 5.02 Å². The predicted octanol–water partition coefficient (Wildman–Crippen LogP) is 2.40. The van der Waals surface area contributed by atoms with Crippen LogP contribution >= 0.6 is 11.6 Å². The number of amides is 4. The normalized spacial score (nSPS) is 19.9. The lowest BCUT2D eigenvalue weighted by atomic mass is 10.0. The molecule has 170 valence electrons. The lowest BCUT2D eigenvalue weighted by molar-refractivity contribution is -0.139. The van der Waals surface area contributed by atoms with E-state index >= 15 is 0 Å². The summed E-state index contributed by atoms with van der Waals surface area (Å²) in [7, 11) is 0. The van der Waals surface area contributed by atoms with Crippen molar-refractivity contribution in [1.82, 2.24) is 20.0 Å². The van der Waals surface area contributed by atoms with Crippen molar-refractivity contribution in [2.24, 2.45) is 0 Å². The van der Waals surface area contributed by atoms with Gasteiger partial charge in [-0.05, 0) is 57.0 Å². The van der Waals surface area contributed by atoms with Crippen LogP contribution in [0.3, 0.4) is 0 Å². The van der Waals surface area contributed by atoms with Crippen molar-refractivity contribution in [3.05, 3.63) is 29.3 Å². The van der Waals surface area contributed by atoms with Gasteiger partial charge in [-0.1, -0.05) is 18.0 Å². The number of nitrogens with one attached hydrogen (secondary N) is 2. The molecule has 31 heavy (non-hydrogen) atoms. The number of benzene rings is 1. The molecule has 0 aliphatic carbocycles. The zero-order valence-electron chi connectivity index (χ0n) is 18.1. The predicted molar refractivity (Wildman–Crippen MR) is 121 cm³/mol. The summed E-state index contributed by atoms with van der Waals surface area (Å²) >= 11 is 5.85. The molecule has 0 aromatic heterocycles. The minimum atomic E-state index is -0.341. The van der Waals surface area contributed by atoms with E-state index in [1.54, 1.807) is 24.3 Å². The van der Waals surface area contributed by atoms with E-state index in [4.69, 9.17) is 11.6 Å². The first-order valence-corrected chi connectivity index (χ1v) is 11.4. The van der Waals surface area contributed by atoms with Crippen LogP contribution in [0.1, 0.15) is 32.6 Å². The van der Waals surface area contributed by atoms with Crippen LogP contribution in [0.15, 0.2) is 24.3 Å². The van der Waals surface area contributed by atoms with E-state index in [-0.39, 0.29) is 30.9 Å². The second-order valence-corrected chi connectivity index (χ2v) is 8.69. The highest BCUT2D eigenvalue weighted by Crippen LogP contribution is 2.16. The highest BCUT2D eigenvalue weighted by Gasteiger charge is 2.28. The summed E-state index contributed by atoms with van der Waals surface area (Å²) in [4.78, 5) is 42.5. The summed E-state index contributed by atoms with van der Waals surface area (Å²) in [6, 6.07) is 7.06. The Bertz CT molecular complexity index is 773. The minimum Gasteiger partial charge on any atom is -0.355 e. The van der Waals surface area contributed by atoms with Gasteiger partial charge in [0.2, 0.25) is 11.8 Å². The summed E-state index contributed by atoms with van der Waals surface area (Å²) < 4.78 is 0. The summed E-state index contributed by atoms with van der Waals surface area (Å²) in [5.74, 6) is -0.381. The van der Waals surface area contributed by atoms with Crippen molar-refractivity contribution in [1.29, 1.82) is 0 Å². The van der Waals surface area contributed by atoms with Gasteiger partial charge in [-0.25, -0.2) is 4.79 Å². The van der Waals surface area contributed by atoms with E-state index in [0.717, 1.165) is 19.5 Å². The second kappa shape index (κ2) is 11.3. The number of nitrogens with zero attached hydrogens (tertiary/aromatic N) is 3. The van der Waals surface area contributed by atoms with Crippen LogP contribution < -0.4 is 10.6 Å². The number of hydrogen-bond donors (Lipinski definition) is 2. The molecule has 0 saturated carbocycles. The third-order valence-corrected chi connectivity index (χ3v) is 6.17. The van der Waals surface area contributed by atoms with Gasteiger partial charge in [-0.2, -0.15) is 0 Å². The Hall–Kier alpha value is -2.32. The van der Waals surface area contributed by atoms with Gasteiger partial charge in [0.25, 0.3) is 0 Å². The first kappa shape index (κ1) is 23.3. The average Bonchev–Trinajstić information content (AvgIpc) is 2.75. The molecule has 1 aromatic rings. The summed E-state index contributed by atoms with van der Waals surface area (Å²) in [6.45, 7) is 5.71. The molecule has 1 unspecified atom stereocenters. The third kappa shape index (κ3) is 7.11. The number of carbonyl (C=O) groups is 3. The molecule has 8 nitrogen and oxygen atoms in total. The molecule has 3 rings (SSSR count). The maximum absolute atomic E-state index is 12.4. The highest BCUT2D eigenvalue weighted by molar-refractivity contribution is 6.30. The minimum absolute atomic E-state index is 0.0333. The molecule has 1 atom stereocenters. The molecule has 1 aromatic carbocycles. The second-order valence-electron chi connectivity index (χ2n) is 8.26. The molecule has 2 fully saturated rings. The lowest BCUT2D eigenvalue weighted by Gasteiger charge is -2.34. The number of halogens is 1. The number of piperazine rings is 1. The van der Waals surface area contributed by atoms with Crippen molar-refractivity contribution in [2.45, 2.75) is 38.6 Å². The van der Waals surface area contributed by atoms with E-state index in [9.17, 15) is 14.4 Å². The maximum atomic E-state index is 12.4. The topological polar surface area (TPSA) is 85.0 Å². The monoisotopic (exact) mass is 449 g/mol. The van der Waals surface area contributed by atoms with Crippen LogP contribution in [0, 0.1) is 0 Å². The molecule has 9 heteroatoms. The third-order valence-electron chi connectivity index (χ3n) is 5.92. The molecule has 2 heterocycles. The van der Waals surface area contributed by atoms with E-state index in [1.807, 2.05) is 0 Å².